The molecule has 2 N–H and O–H groups in total. The molecule has 1 saturated heterocycles. The average Bonchev–Trinajstić information content (AvgIpc) is 2.39. The molecule has 1 heterocycles. The van der Waals surface area contributed by atoms with Crippen LogP contribution in [0.2, 0.25) is 0 Å². The molecule has 0 bridgehead atoms. The van der Waals surface area contributed by atoms with Crippen LogP contribution in [0, 0.1) is 5.92 Å². The minimum atomic E-state index is 0.213. The van der Waals surface area contributed by atoms with Crippen molar-refractivity contribution in [2.24, 2.45) is 11.7 Å². The minimum Gasteiger partial charge on any atom is -0.373 e. The van der Waals surface area contributed by atoms with Crippen LogP contribution >= 0.6 is 0 Å². The van der Waals surface area contributed by atoms with Crippen molar-refractivity contribution in [3.63, 3.8) is 0 Å². The van der Waals surface area contributed by atoms with Gasteiger partial charge in [0.05, 0.1) is 6.10 Å². The molecular weight excluding hydrogens is 198 g/mol. The highest BCUT2D eigenvalue weighted by Crippen LogP contribution is 2.32. The molecule has 16 heavy (non-hydrogen) atoms. The maximum absolute atomic E-state index is 5.86. The fraction of sp³-hybridized carbons (Fsp3) is 0.571. The summed E-state index contributed by atoms with van der Waals surface area (Å²) in [6, 6.07) is 8.77. The third-order valence-corrected chi connectivity index (χ3v) is 3.46. The fourth-order valence-electron chi connectivity index (χ4n) is 2.40. The number of rotatable bonds is 3. The van der Waals surface area contributed by atoms with E-state index in [1.807, 2.05) is 0 Å². The van der Waals surface area contributed by atoms with Crippen LogP contribution in [0.3, 0.4) is 0 Å². The molecule has 0 amide bonds. The summed E-state index contributed by atoms with van der Waals surface area (Å²) in [5, 5.41) is 0. The van der Waals surface area contributed by atoms with Gasteiger partial charge in [0, 0.05) is 12.5 Å². The van der Waals surface area contributed by atoms with E-state index in [2.05, 4.69) is 31.2 Å². The summed E-state index contributed by atoms with van der Waals surface area (Å²) in [5.41, 5.74) is 8.47. The molecule has 2 atom stereocenters. The van der Waals surface area contributed by atoms with Crippen LogP contribution in [0.25, 0.3) is 0 Å². The monoisotopic (exact) mass is 219 g/mol. The van der Waals surface area contributed by atoms with Gasteiger partial charge in [-0.1, -0.05) is 31.2 Å². The van der Waals surface area contributed by atoms with Gasteiger partial charge in [0.15, 0.2) is 0 Å². The summed E-state index contributed by atoms with van der Waals surface area (Å²) in [6.07, 6.45) is 3.64. The Kier molecular flexibility index (Phi) is 3.97. The van der Waals surface area contributed by atoms with Crippen LogP contribution in [0.1, 0.15) is 37.0 Å². The van der Waals surface area contributed by atoms with Crippen molar-refractivity contribution < 1.29 is 4.74 Å². The summed E-state index contributed by atoms with van der Waals surface area (Å²) in [4.78, 5) is 0. The molecule has 1 aliphatic heterocycles. The van der Waals surface area contributed by atoms with Crippen LogP contribution in [-0.2, 0) is 11.2 Å². The molecule has 1 aliphatic rings. The molecule has 1 aromatic rings. The summed E-state index contributed by atoms with van der Waals surface area (Å²) in [5.74, 6) is 0.487. The molecule has 2 nitrogen and oxygen atoms in total. The van der Waals surface area contributed by atoms with E-state index in [1.54, 1.807) is 0 Å². The minimum absolute atomic E-state index is 0.213. The van der Waals surface area contributed by atoms with Crippen LogP contribution < -0.4 is 5.73 Å². The molecule has 88 valence electrons. The van der Waals surface area contributed by atoms with Crippen LogP contribution in [0.5, 0.6) is 0 Å². The van der Waals surface area contributed by atoms with E-state index in [0.717, 1.165) is 26.0 Å². The smallest absolute Gasteiger partial charge is 0.0865 e. The second-order valence-corrected chi connectivity index (χ2v) is 4.52. The molecule has 2 unspecified atom stereocenters. The second-order valence-electron chi connectivity index (χ2n) is 4.52. The standard InChI is InChI=1S/C14H21NO/c1-2-11-5-7-12(8-6-11)14-13(10-15)4-3-9-16-14/h5-8,13-14H,2-4,9-10,15H2,1H3. The first-order valence-electron chi connectivity index (χ1n) is 6.25. The van der Waals surface area contributed by atoms with Crippen molar-refractivity contribution in [1.82, 2.24) is 0 Å². The second kappa shape index (κ2) is 5.46. The molecule has 1 aromatic carbocycles. The SMILES string of the molecule is CCc1ccc(C2OCCCC2CN)cc1. The third kappa shape index (κ3) is 2.45. The van der Waals surface area contributed by atoms with Gasteiger partial charge in [-0.3, -0.25) is 0 Å². The quantitative estimate of drug-likeness (QED) is 0.848. The van der Waals surface area contributed by atoms with Crippen molar-refractivity contribution in [3.05, 3.63) is 35.4 Å². The highest BCUT2D eigenvalue weighted by molar-refractivity contribution is 5.25. The molecule has 0 aromatic heterocycles. The lowest BCUT2D eigenvalue weighted by Crippen LogP contribution is -2.28. The molecule has 2 rings (SSSR count). The Morgan fingerprint density at radius 2 is 2.06 bits per heavy atom. The van der Waals surface area contributed by atoms with E-state index < -0.39 is 0 Å². The van der Waals surface area contributed by atoms with E-state index >= 15 is 0 Å². The highest BCUT2D eigenvalue weighted by atomic mass is 16.5. The fourth-order valence-corrected chi connectivity index (χ4v) is 2.40. The molecule has 0 spiro atoms. The Labute approximate surface area is 97.8 Å². The Morgan fingerprint density at radius 1 is 1.31 bits per heavy atom. The third-order valence-electron chi connectivity index (χ3n) is 3.46. The molecule has 0 aliphatic carbocycles. The average molecular weight is 219 g/mol. The maximum atomic E-state index is 5.86. The van der Waals surface area contributed by atoms with E-state index in [1.165, 1.54) is 17.5 Å². The van der Waals surface area contributed by atoms with Gasteiger partial charge in [0.2, 0.25) is 0 Å². The summed E-state index contributed by atoms with van der Waals surface area (Å²) in [7, 11) is 0. The summed E-state index contributed by atoms with van der Waals surface area (Å²) >= 11 is 0. The normalized spacial score (nSPS) is 25.6. The molecule has 0 saturated carbocycles. The van der Waals surface area contributed by atoms with Gasteiger partial charge in [-0.2, -0.15) is 0 Å². The van der Waals surface area contributed by atoms with Gasteiger partial charge >= 0.3 is 0 Å². The first-order valence-corrected chi connectivity index (χ1v) is 6.25. The van der Waals surface area contributed by atoms with E-state index in [0.29, 0.717) is 5.92 Å². The molecule has 0 radical (unpaired) electrons. The first-order chi connectivity index (χ1) is 7.85. The number of hydrogen-bond donors (Lipinski definition) is 1. The van der Waals surface area contributed by atoms with Gasteiger partial charge in [-0.15, -0.1) is 0 Å². The predicted molar refractivity (Wildman–Crippen MR) is 66.3 cm³/mol. The number of nitrogens with two attached hydrogens (primary N) is 1. The maximum Gasteiger partial charge on any atom is 0.0865 e. The van der Waals surface area contributed by atoms with Crippen LogP contribution in [-0.4, -0.2) is 13.2 Å². The lowest BCUT2D eigenvalue weighted by atomic mass is 9.89. The van der Waals surface area contributed by atoms with E-state index in [4.69, 9.17) is 10.5 Å². The Balaban J connectivity index is 2.14. The number of benzene rings is 1. The van der Waals surface area contributed by atoms with Gasteiger partial charge < -0.3 is 10.5 Å². The Hall–Kier alpha value is -0.860. The van der Waals surface area contributed by atoms with Crippen LogP contribution in [0.4, 0.5) is 0 Å². The van der Waals surface area contributed by atoms with Crippen molar-refractivity contribution in [1.29, 1.82) is 0 Å². The zero-order valence-electron chi connectivity index (χ0n) is 9.99. The Bertz CT molecular complexity index is 320. The first kappa shape index (κ1) is 11.6. The van der Waals surface area contributed by atoms with Gasteiger partial charge in [0.1, 0.15) is 0 Å². The molecule has 2 heteroatoms. The van der Waals surface area contributed by atoms with Gasteiger partial charge in [-0.25, -0.2) is 0 Å². The summed E-state index contributed by atoms with van der Waals surface area (Å²) in [6.45, 7) is 3.77. The zero-order chi connectivity index (χ0) is 11.4. The van der Waals surface area contributed by atoms with E-state index in [9.17, 15) is 0 Å². The molecular formula is C14H21NO. The van der Waals surface area contributed by atoms with Crippen LogP contribution in [0.15, 0.2) is 24.3 Å². The van der Waals surface area contributed by atoms with Crippen molar-refractivity contribution in [2.75, 3.05) is 13.2 Å². The van der Waals surface area contributed by atoms with Gasteiger partial charge in [0.25, 0.3) is 0 Å². The zero-order valence-corrected chi connectivity index (χ0v) is 9.99. The van der Waals surface area contributed by atoms with Gasteiger partial charge in [-0.05, 0) is 36.9 Å². The van der Waals surface area contributed by atoms with E-state index in [-0.39, 0.29) is 6.10 Å². The highest BCUT2D eigenvalue weighted by Gasteiger charge is 2.25. The molecule has 1 fully saturated rings. The number of aryl methyl sites for hydroxylation is 1. The predicted octanol–water partition coefficient (Wildman–Crippen LogP) is 2.68. The Morgan fingerprint density at radius 3 is 2.69 bits per heavy atom. The lowest BCUT2D eigenvalue weighted by Gasteiger charge is -2.31. The number of hydrogen-bond acceptors (Lipinski definition) is 2. The van der Waals surface area contributed by atoms with Crippen molar-refractivity contribution in [2.45, 2.75) is 32.3 Å². The van der Waals surface area contributed by atoms with Crippen molar-refractivity contribution in [3.8, 4) is 0 Å². The summed E-state index contributed by atoms with van der Waals surface area (Å²) < 4.78 is 5.86. The largest absolute Gasteiger partial charge is 0.373 e. The van der Waals surface area contributed by atoms with Crippen molar-refractivity contribution >= 4 is 0 Å². The lowest BCUT2D eigenvalue weighted by molar-refractivity contribution is -0.0251. The number of ether oxygens (including phenoxy) is 1. The topological polar surface area (TPSA) is 35.2 Å².